The van der Waals surface area contributed by atoms with Crippen LogP contribution in [0.25, 0.3) is 0 Å². The predicted octanol–water partition coefficient (Wildman–Crippen LogP) is 2.89. The second-order valence-corrected chi connectivity index (χ2v) is 3.74. The van der Waals surface area contributed by atoms with E-state index in [1.165, 1.54) is 0 Å². The molecule has 0 aliphatic heterocycles. The van der Waals surface area contributed by atoms with Gasteiger partial charge in [0.25, 0.3) is 0 Å². The van der Waals surface area contributed by atoms with E-state index in [4.69, 9.17) is 16.0 Å². The van der Waals surface area contributed by atoms with E-state index < -0.39 is 5.82 Å². The molecular formula is C11H11ClFN3O. The number of aromatic nitrogens is 2. The van der Waals surface area contributed by atoms with Gasteiger partial charge in [0.05, 0.1) is 19.0 Å². The number of nitrogens with zero attached hydrogens (tertiary/aromatic N) is 3. The average Bonchev–Trinajstić information content (AvgIpc) is 2.82. The first kappa shape index (κ1) is 11.9. The van der Waals surface area contributed by atoms with Gasteiger partial charge in [0.2, 0.25) is 5.28 Å². The molecule has 2 aromatic heterocycles. The van der Waals surface area contributed by atoms with E-state index in [0.29, 0.717) is 13.1 Å². The molecule has 0 bridgehead atoms. The van der Waals surface area contributed by atoms with Gasteiger partial charge in [-0.25, -0.2) is 9.37 Å². The third-order valence-electron chi connectivity index (χ3n) is 2.30. The van der Waals surface area contributed by atoms with Gasteiger partial charge in [-0.15, -0.1) is 0 Å². The molecule has 0 amide bonds. The molecule has 0 aliphatic rings. The Morgan fingerprint density at radius 1 is 1.53 bits per heavy atom. The van der Waals surface area contributed by atoms with Crippen molar-refractivity contribution in [3.8, 4) is 0 Å². The number of furan rings is 1. The molecule has 0 saturated carbocycles. The topological polar surface area (TPSA) is 42.2 Å². The van der Waals surface area contributed by atoms with Crippen LogP contribution in [0.2, 0.25) is 5.28 Å². The van der Waals surface area contributed by atoms with E-state index in [-0.39, 0.29) is 11.1 Å². The standard InChI is InChI=1S/C11H11ClFN3O/c1-2-16(7-8-4-3-5-17-8)10-9(13)6-14-11(12)15-10/h3-6H,2,7H2,1H3. The molecule has 17 heavy (non-hydrogen) atoms. The number of halogens is 2. The summed E-state index contributed by atoms with van der Waals surface area (Å²) in [5, 5.41) is 0.0271. The molecule has 90 valence electrons. The van der Waals surface area contributed by atoms with Crippen LogP contribution in [0.1, 0.15) is 12.7 Å². The number of anilines is 1. The minimum Gasteiger partial charge on any atom is -0.467 e. The van der Waals surface area contributed by atoms with Gasteiger partial charge in [0, 0.05) is 6.54 Å². The lowest BCUT2D eigenvalue weighted by Crippen LogP contribution is -2.24. The summed E-state index contributed by atoms with van der Waals surface area (Å²) in [5.74, 6) is 0.424. The third kappa shape index (κ3) is 2.74. The summed E-state index contributed by atoms with van der Waals surface area (Å²) >= 11 is 5.66. The monoisotopic (exact) mass is 255 g/mol. The maximum Gasteiger partial charge on any atom is 0.224 e. The van der Waals surface area contributed by atoms with Crippen molar-refractivity contribution in [1.82, 2.24) is 9.97 Å². The summed E-state index contributed by atoms with van der Waals surface area (Å²) in [4.78, 5) is 9.19. The fraction of sp³-hybridized carbons (Fsp3) is 0.273. The lowest BCUT2D eigenvalue weighted by Gasteiger charge is -2.20. The second-order valence-electron chi connectivity index (χ2n) is 3.40. The van der Waals surface area contributed by atoms with Gasteiger partial charge in [-0.05, 0) is 30.7 Å². The molecule has 0 atom stereocenters. The summed E-state index contributed by atoms with van der Waals surface area (Å²) in [6, 6.07) is 3.61. The Bertz CT molecular complexity index is 489. The first-order chi connectivity index (χ1) is 8.20. The van der Waals surface area contributed by atoms with Crippen LogP contribution in [0.15, 0.2) is 29.0 Å². The summed E-state index contributed by atoms with van der Waals surface area (Å²) < 4.78 is 18.8. The first-order valence-electron chi connectivity index (χ1n) is 5.16. The molecule has 0 aliphatic carbocycles. The highest BCUT2D eigenvalue weighted by molar-refractivity contribution is 6.28. The molecule has 0 radical (unpaired) electrons. The lowest BCUT2D eigenvalue weighted by atomic mass is 10.3. The molecule has 2 rings (SSSR count). The SMILES string of the molecule is CCN(Cc1ccco1)c1nc(Cl)ncc1F. The molecule has 0 aromatic carbocycles. The molecule has 0 saturated heterocycles. The van der Waals surface area contributed by atoms with Crippen molar-refractivity contribution in [3.05, 3.63) is 41.5 Å². The maximum absolute atomic E-state index is 13.6. The van der Waals surface area contributed by atoms with Crippen LogP contribution < -0.4 is 4.90 Å². The summed E-state index contributed by atoms with van der Waals surface area (Å²) in [5.41, 5.74) is 0. The Morgan fingerprint density at radius 3 is 3.00 bits per heavy atom. The van der Waals surface area contributed by atoms with E-state index in [0.717, 1.165) is 12.0 Å². The molecule has 0 fully saturated rings. The van der Waals surface area contributed by atoms with Gasteiger partial charge in [0.1, 0.15) is 5.76 Å². The van der Waals surface area contributed by atoms with E-state index in [1.54, 1.807) is 17.2 Å². The van der Waals surface area contributed by atoms with Crippen LogP contribution >= 0.6 is 11.6 Å². The smallest absolute Gasteiger partial charge is 0.224 e. The van der Waals surface area contributed by atoms with Gasteiger partial charge in [-0.3, -0.25) is 0 Å². The van der Waals surface area contributed by atoms with Gasteiger partial charge in [-0.2, -0.15) is 4.98 Å². The van der Waals surface area contributed by atoms with Gasteiger partial charge >= 0.3 is 0 Å². The summed E-state index contributed by atoms with van der Waals surface area (Å²) in [6.07, 6.45) is 2.64. The number of hydrogen-bond donors (Lipinski definition) is 0. The first-order valence-corrected chi connectivity index (χ1v) is 5.54. The Kier molecular flexibility index (Phi) is 3.58. The van der Waals surface area contributed by atoms with Crippen molar-refractivity contribution < 1.29 is 8.81 Å². The third-order valence-corrected chi connectivity index (χ3v) is 2.49. The minimum absolute atomic E-state index is 0.0271. The normalized spacial score (nSPS) is 10.5. The van der Waals surface area contributed by atoms with Crippen LogP contribution in [-0.2, 0) is 6.54 Å². The quantitative estimate of drug-likeness (QED) is 0.788. The van der Waals surface area contributed by atoms with Gasteiger partial charge in [-0.1, -0.05) is 0 Å². The largest absolute Gasteiger partial charge is 0.467 e. The fourth-order valence-corrected chi connectivity index (χ4v) is 1.62. The van der Waals surface area contributed by atoms with Gasteiger partial charge in [0.15, 0.2) is 11.6 Å². The molecule has 2 heterocycles. The fourth-order valence-electron chi connectivity index (χ4n) is 1.49. The van der Waals surface area contributed by atoms with Crippen LogP contribution in [0.4, 0.5) is 10.2 Å². The zero-order valence-electron chi connectivity index (χ0n) is 9.23. The molecule has 0 N–H and O–H groups in total. The molecule has 0 unspecified atom stereocenters. The van der Waals surface area contributed by atoms with Crippen LogP contribution in [-0.4, -0.2) is 16.5 Å². The van der Waals surface area contributed by atoms with Crippen molar-refractivity contribution in [3.63, 3.8) is 0 Å². The average molecular weight is 256 g/mol. The highest BCUT2D eigenvalue weighted by atomic mass is 35.5. The Balaban J connectivity index is 2.25. The van der Waals surface area contributed by atoms with Crippen molar-refractivity contribution in [2.45, 2.75) is 13.5 Å². The van der Waals surface area contributed by atoms with Crippen molar-refractivity contribution >= 4 is 17.4 Å². The molecule has 0 spiro atoms. The highest BCUT2D eigenvalue weighted by Crippen LogP contribution is 2.19. The minimum atomic E-state index is -0.497. The van der Waals surface area contributed by atoms with Crippen LogP contribution in [0.5, 0.6) is 0 Å². The Labute approximate surface area is 103 Å². The summed E-state index contributed by atoms with van der Waals surface area (Å²) in [7, 11) is 0. The number of rotatable bonds is 4. The van der Waals surface area contributed by atoms with E-state index in [1.807, 2.05) is 13.0 Å². The van der Waals surface area contributed by atoms with E-state index in [9.17, 15) is 4.39 Å². The number of hydrogen-bond acceptors (Lipinski definition) is 4. The van der Waals surface area contributed by atoms with Crippen molar-refractivity contribution in [2.24, 2.45) is 0 Å². The summed E-state index contributed by atoms with van der Waals surface area (Å²) in [6.45, 7) is 2.93. The maximum atomic E-state index is 13.6. The molecular weight excluding hydrogens is 245 g/mol. The Hall–Kier alpha value is -1.62. The zero-order valence-corrected chi connectivity index (χ0v) is 9.99. The Morgan fingerprint density at radius 2 is 2.35 bits per heavy atom. The molecule has 2 aromatic rings. The lowest BCUT2D eigenvalue weighted by molar-refractivity contribution is 0.499. The van der Waals surface area contributed by atoms with Crippen LogP contribution in [0, 0.1) is 5.82 Å². The van der Waals surface area contributed by atoms with E-state index >= 15 is 0 Å². The molecule has 6 heteroatoms. The highest BCUT2D eigenvalue weighted by Gasteiger charge is 2.14. The second kappa shape index (κ2) is 5.14. The predicted molar refractivity (Wildman–Crippen MR) is 62.4 cm³/mol. The molecule has 4 nitrogen and oxygen atoms in total. The van der Waals surface area contributed by atoms with Crippen LogP contribution in [0.3, 0.4) is 0 Å². The zero-order chi connectivity index (χ0) is 12.3. The van der Waals surface area contributed by atoms with Crippen molar-refractivity contribution in [2.75, 3.05) is 11.4 Å². The van der Waals surface area contributed by atoms with Crippen molar-refractivity contribution in [1.29, 1.82) is 0 Å². The van der Waals surface area contributed by atoms with E-state index in [2.05, 4.69) is 9.97 Å². The van der Waals surface area contributed by atoms with Gasteiger partial charge < -0.3 is 9.32 Å².